The molecule has 0 bridgehead atoms. The van der Waals surface area contributed by atoms with Gasteiger partial charge in [-0.2, -0.15) is 0 Å². The fourth-order valence-electron chi connectivity index (χ4n) is 3.85. The zero-order valence-corrected chi connectivity index (χ0v) is 13.2. The van der Waals surface area contributed by atoms with Crippen molar-refractivity contribution in [3.8, 4) is 0 Å². The molecule has 0 N–H and O–H groups in total. The first-order valence-electron chi connectivity index (χ1n) is 8.02. The second kappa shape index (κ2) is 4.57. The van der Waals surface area contributed by atoms with Crippen LogP contribution in [-0.2, 0) is 9.31 Å². The minimum absolute atomic E-state index is 0.128. The van der Waals surface area contributed by atoms with Crippen LogP contribution in [0, 0.1) is 5.41 Å². The number of hydrogen-bond acceptors (Lipinski definition) is 2. The Labute approximate surface area is 122 Å². The van der Waals surface area contributed by atoms with Gasteiger partial charge in [0.25, 0.3) is 0 Å². The third-order valence-electron chi connectivity index (χ3n) is 6.05. The van der Waals surface area contributed by atoms with Crippen molar-refractivity contribution in [1.29, 1.82) is 0 Å². The zero-order valence-electron chi connectivity index (χ0n) is 13.2. The maximum absolute atomic E-state index is 14.9. The Kier molecular flexibility index (Phi) is 3.34. The second-order valence-electron chi connectivity index (χ2n) is 7.76. The van der Waals surface area contributed by atoms with E-state index < -0.39 is 18.3 Å². The minimum Gasteiger partial charge on any atom is -0.398 e. The highest BCUT2D eigenvalue weighted by Gasteiger charge is 2.55. The van der Waals surface area contributed by atoms with E-state index >= 15 is 0 Å². The van der Waals surface area contributed by atoms with Crippen molar-refractivity contribution in [2.24, 2.45) is 5.41 Å². The van der Waals surface area contributed by atoms with Gasteiger partial charge in [-0.15, -0.1) is 0 Å². The largest absolute Gasteiger partial charge is 0.525 e. The molecule has 20 heavy (non-hydrogen) atoms. The van der Waals surface area contributed by atoms with Crippen molar-refractivity contribution in [3.05, 3.63) is 11.3 Å². The fourth-order valence-corrected chi connectivity index (χ4v) is 3.85. The van der Waals surface area contributed by atoms with Gasteiger partial charge >= 0.3 is 7.12 Å². The van der Waals surface area contributed by atoms with Crippen LogP contribution in [0.4, 0.5) is 4.39 Å². The maximum atomic E-state index is 14.9. The van der Waals surface area contributed by atoms with Gasteiger partial charge in [-0.1, -0.05) is 19.3 Å². The summed E-state index contributed by atoms with van der Waals surface area (Å²) in [6.07, 6.45) is 8.10. The van der Waals surface area contributed by atoms with E-state index in [0.29, 0.717) is 0 Å². The lowest BCUT2D eigenvalue weighted by Crippen LogP contribution is -2.41. The number of hydrogen-bond donors (Lipinski definition) is 0. The molecule has 0 unspecified atom stereocenters. The molecule has 0 aromatic rings. The number of halogens is 1. The molecule has 3 aliphatic rings. The van der Waals surface area contributed by atoms with Gasteiger partial charge in [0, 0.05) is 0 Å². The van der Waals surface area contributed by atoms with Crippen LogP contribution in [0.25, 0.3) is 0 Å². The van der Waals surface area contributed by atoms with E-state index in [1.54, 1.807) is 0 Å². The van der Waals surface area contributed by atoms with Gasteiger partial charge in [0.2, 0.25) is 0 Å². The lowest BCUT2D eigenvalue weighted by atomic mass is 9.55. The summed E-state index contributed by atoms with van der Waals surface area (Å²) < 4.78 is 26.6. The second-order valence-corrected chi connectivity index (χ2v) is 7.76. The van der Waals surface area contributed by atoms with Crippen LogP contribution < -0.4 is 0 Å². The van der Waals surface area contributed by atoms with E-state index in [0.717, 1.165) is 31.3 Å². The van der Waals surface area contributed by atoms with Crippen molar-refractivity contribution in [1.82, 2.24) is 0 Å². The van der Waals surface area contributed by atoms with Crippen molar-refractivity contribution in [2.45, 2.75) is 83.8 Å². The van der Waals surface area contributed by atoms with Crippen molar-refractivity contribution in [3.63, 3.8) is 0 Å². The van der Waals surface area contributed by atoms with Gasteiger partial charge in [-0.05, 0) is 64.4 Å². The third kappa shape index (κ3) is 2.07. The van der Waals surface area contributed by atoms with E-state index in [2.05, 4.69) is 0 Å². The van der Waals surface area contributed by atoms with E-state index in [1.807, 2.05) is 27.7 Å². The van der Waals surface area contributed by atoms with E-state index in [-0.39, 0.29) is 11.1 Å². The molecular weight excluding hydrogens is 254 g/mol. The normalized spacial score (nSPS) is 33.1. The first kappa shape index (κ1) is 14.6. The molecule has 2 nitrogen and oxygen atoms in total. The van der Waals surface area contributed by atoms with E-state index in [1.165, 1.54) is 19.3 Å². The molecule has 3 rings (SSSR count). The lowest BCUT2D eigenvalue weighted by molar-refractivity contribution is 0.00578. The quantitative estimate of drug-likeness (QED) is 0.654. The summed E-state index contributed by atoms with van der Waals surface area (Å²) in [5.74, 6) is 0. The summed E-state index contributed by atoms with van der Waals surface area (Å²) in [5, 5.41) is 0. The Hall–Kier alpha value is -0.345. The molecule has 3 fully saturated rings. The van der Waals surface area contributed by atoms with Crippen LogP contribution >= 0.6 is 0 Å². The highest BCUT2D eigenvalue weighted by atomic mass is 19.1. The topological polar surface area (TPSA) is 18.5 Å². The molecule has 4 heteroatoms. The smallest absolute Gasteiger partial charge is 0.398 e. The predicted octanol–water partition coefficient (Wildman–Crippen LogP) is 4.59. The molecule has 1 aliphatic heterocycles. The standard InChI is InChI=1S/C16H26BFO2/c1-14(2)15(3,4)20-17(19-14)13(18)12-8-11-16(12)9-6-5-7-10-16/h5-11H2,1-4H3. The summed E-state index contributed by atoms with van der Waals surface area (Å²) in [7, 11) is -0.797. The molecular formula is C16H26BFO2. The molecule has 1 heterocycles. The minimum atomic E-state index is -0.797. The molecule has 0 aromatic carbocycles. The fraction of sp³-hybridized carbons (Fsp3) is 0.875. The van der Waals surface area contributed by atoms with Crippen LogP contribution in [0.1, 0.15) is 72.6 Å². The summed E-state index contributed by atoms with van der Waals surface area (Å²) in [6.45, 7) is 7.90. The summed E-state index contributed by atoms with van der Waals surface area (Å²) in [4.78, 5) is 0. The lowest BCUT2D eigenvalue weighted by Gasteiger charge is -2.48. The first-order chi connectivity index (χ1) is 9.28. The highest BCUT2D eigenvalue weighted by molar-refractivity contribution is 6.54. The summed E-state index contributed by atoms with van der Waals surface area (Å²) >= 11 is 0. The van der Waals surface area contributed by atoms with Crippen LogP contribution in [0.2, 0.25) is 0 Å². The van der Waals surface area contributed by atoms with Crippen molar-refractivity contribution >= 4 is 7.12 Å². The average molecular weight is 280 g/mol. The first-order valence-corrected chi connectivity index (χ1v) is 8.02. The van der Waals surface area contributed by atoms with Crippen LogP contribution in [0.3, 0.4) is 0 Å². The van der Waals surface area contributed by atoms with E-state index in [4.69, 9.17) is 9.31 Å². The van der Waals surface area contributed by atoms with Crippen LogP contribution in [0.5, 0.6) is 0 Å². The van der Waals surface area contributed by atoms with Crippen molar-refractivity contribution < 1.29 is 13.7 Å². The molecule has 0 atom stereocenters. The third-order valence-corrected chi connectivity index (χ3v) is 6.05. The van der Waals surface area contributed by atoms with Gasteiger partial charge in [0.05, 0.1) is 11.2 Å². The van der Waals surface area contributed by atoms with Gasteiger partial charge in [0.1, 0.15) is 5.73 Å². The highest BCUT2D eigenvalue weighted by Crippen LogP contribution is 2.57. The molecule has 0 amide bonds. The Morgan fingerprint density at radius 3 is 1.95 bits per heavy atom. The molecule has 1 saturated heterocycles. The van der Waals surface area contributed by atoms with Gasteiger partial charge in [0.15, 0.2) is 0 Å². The Morgan fingerprint density at radius 1 is 0.950 bits per heavy atom. The Balaban J connectivity index is 1.83. The van der Waals surface area contributed by atoms with Gasteiger partial charge in [-0.3, -0.25) is 0 Å². The van der Waals surface area contributed by atoms with Gasteiger partial charge < -0.3 is 9.31 Å². The molecule has 0 radical (unpaired) electrons. The molecule has 112 valence electrons. The summed E-state index contributed by atoms with van der Waals surface area (Å²) in [5.41, 5.74) is 0.0943. The number of allylic oxidation sites excluding steroid dienone is 1. The number of rotatable bonds is 1. The SMILES string of the molecule is CC1(C)OB(C(F)=C2CCC23CCCCC3)OC1(C)C. The zero-order chi connectivity index (χ0) is 14.6. The van der Waals surface area contributed by atoms with Gasteiger partial charge in [-0.25, -0.2) is 4.39 Å². The van der Waals surface area contributed by atoms with E-state index in [9.17, 15) is 4.39 Å². The van der Waals surface area contributed by atoms with Crippen LogP contribution in [-0.4, -0.2) is 18.3 Å². The molecule has 1 spiro atoms. The summed E-state index contributed by atoms with van der Waals surface area (Å²) in [6, 6.07) is 0. The van der Waals surface area contributed by atoms with Crippen molar-refractivity contribution in [2.75, 3.05) is 0 Å². The molecule has 0 aromatic heterocycles. The molecule has 2 saturated carbocycles. The van der Waals surface area contributed by atoms with Crippen LogP contribution in [0.15, 0.2) is 11.3 Å². The average Bonchev–Trinajstić information content (AvgIpc) is 2.58. The Morgan fingerprint density at radius 2 is 1.50 bits per heavy atom. The maximum Gasteiger partial charge on any atom is 0.525 e. The molecule has 2 aliphatic carbocycles. The monoisotopic (exact) mass is 280 g/mol. The predicted molar refractivity (Wildman–Crippen MR) is 79.0 cm³/mol. The Bertz CT molecular complexity index is 420.